The molecule has 0 aromatic carbocycles. The van der Waals surface area contributed by atoms with E-state index in [0.717, 1.165) is 12.3 Å². The van der Waals surface area contributed by atoms with Crippen molar-refractivity contribution in [2.24, 2.45) is 17.6 Å². The molecule has 0 aromatic rings. The predicted molar refractivity (Wildman–Crippen MR) is 71.6 cm³/mol. The highest BCUT2D eigenvalue weighted by Crippen LogP contribution is 2.31. The Balaban J connectivity index is 2.29. The van der Waals surface area contributed by atoms with Gasteiger partial charge < -0.3 is 11.1 Å². The number of rotatable bonds is 6. The molecule has 1 saturated carbocycles. The molecular weight excluding hydrogens is 212 g/mol. The van der Waals surface area contributed by atoms with E-state index >= 15 is 0 Å². The Morgan fingerprint density at radius 2 is 1.94 bits per heavy atom. The summed E-state index contributed by atoms with van der Waals surface area (Å²) in [5, 5.41) is 3.12. The monoisotopic (exact) mass is 240 g/mol. The molecule has 3 nitrogen and oxygen atoms in total. The zero-order chi connectivity index (χ0) is 12.7. The largest absolute Gasteiger partial charge is 0.353 e. The van der Waals surface area contributed by atoms with Crippen molar-refractivity contribution in [1.82, 2.24) is 5.32 Å². The van der Waals surface area contributed by atoms with Crippen LogP contribution in [0.15, 0.2) is 0 Å². The second-order valence-electron chi connectivity index (χ2n) is 5.51. The fraction of sp³-hybridized carbons (Fsp3) is 0.929. The van der Waals surface area contributed by atoms with E-state index in [1.807, 2.05) is 0 Å². The number of nitrogens with one attached hydrogen (secondary N) is 1. The van der Waals surface area contributed by atoms with Crippen molar-refractivity contribution < 1.29 is 4.79 Å². The van der Waals surface area contributed by atoms with Crippen LogP contribution in [-0.4, -0.2) is 18.5 Å². The second kappa shape index (κ2) is 7.70. The van der Waals surface area contributed by atoms with Crippen LogP contribution in [0.2, 0.25) is 0 Å². The molecule has 1 fully saturated rings. The van der Waals surface area contributed by atoms with Crippen LogP contribution in [0, 0.1) is 11.8 Å². The molecule has 1 aliphatic rings. The second-order valence-corrected chi connectivity index (χ2v) is 5.51. The lowest BCUT2D eigenvalue weighted by atomic mass is 9.78. The van der Waals surface area contributed by atoms with Gasteiger partial charge in [-0.15, -0.1) is 0 Å². The normalized spacial score (nSPS) is 20.9. The third-order valence-electron chi connectivity index (χ3n) is 4.18. The van der Waals surface area contributed by atoms with Crippen molar-refractivity contribution in [2.45, 2.75) is 64.8 Å². The maximum atomic E-state index is 11.6. The minimum absolute atomic E-state index is 0.158. The Morgan fingerprint density at radius 3 is 2.53 bits per heavy atom. The molecule has 2 unspecified atom stereocenters. The molecule has 3 heteroatoms. The van der Waals surface area contributed by atoms with Crippen LogP contribution in [0.3, 0.4) is 0 Å². The zero-order valence-corrected chi connectivity index (χ0v) is 11.4. The topological polar surface area (TPSA) is 55.1 Å². The first-order valence-corrected chi connectivity index (χ1v) is 7.14. The van der Waals surface area contributed by atoms with Gasteiger partial charge in [0, 0.05) is 12.5 Å². The van der Waals surface area contributed by atoms with Gasteiger partial charge in [-0.25, -0.2) is 0 Å². The van der Waals surface area contributed by atoms with Crippen molar-refractivity contribution in [3.05, 3.63) is 0 Å². The van der Waals surface area contributed by atoms with E-state index in [1.54, 1.807) is 0 Å². The standard InChI is InChI=1S/C14H28N2O/c1-11(13-7-4-3-5-8-13)12(2)16-14(17)9-6-10-15/h11-13H,3-10,15H2,1-2H3,(H,16,17). The van der Waals surface area contributed by atoms with E-state index < -0.39 is 0 Å². The van der Waals surface area contributed by atoms with Gasteiger partial charge in [-0.2, -0.15) is 0 Å². The molecule has 0 radical (unpaired) electrons. The van der Waals surface area contributed by atoms with Crippen molar-refractivity contribution in [2.75, 3.05) is 6.54 Å². The molecule has 0 spiro atoms. The van der Waals surface area contributed by atoms with Crippen LogP contribution >= 0.6 is 0 Å². The molecule has 1 amide bonds. The fourth-order valence-corrected chi connectivity index (χ4v) is 2.79. The number of nitrogens with two attached hydrogens (primary N) is 1. The summed E-state index contributed by atoms with van der Waals surface area (Å²) in [6.45, 7) is 5.02. The van der Waals surface area contributed by atoms with Gasteiger partial charge in [0.15, 0.2) is 0 Å². The fourth-order valence-electron chi connectivity index (χ4n) is 2.79. The van der Waals surface area contributed by atoms with E-state index in [2.05, 4.69) is 19.2 Å². The van der Waals surface area contributed by atoms with Crippen molar-refractivity contribution in [1.29, 1.82) is 0 Å². The van der Waals surface area contributed by atoms with Gasteiger partial charge >= 0.3 is 0 Å². The van der Waals surface area contributed by atoms with Crippen molar-refractivity contribution in [3.8, 4) is 0 Å². The van der Waals surface area contributed by atoms with Crippen molar-refractivity contribution >= 4 is 5.91 Å². The minimum atomic E-state index is 0.158. The highest BCUT2D eigenvalue weighted by molar-refractivity contribution is 5.76. The summed E-state index contributed by atoms with van der Waals surface area (Å²) in [6, 6.07) is 0.295. The zero-order valence-electron chi connectivity index (χ0n) is 11.4. The van der Waals surface area contributed by atoms with E-state index in [1.165, 1.54) is 32.1 Å². The van der Waals surface area contributed by atoms with E-state index in [9.17, 15) is 4.79 Å². The van der Waals surface area contributed by atoms with Gasteiger partial charge in [0.2, 0.25) is 5.91 Å². The van der Waals surface area contributed by atoms with E-state index in [-0.39, 0.29) is 5.91 Å². The summed E-state index contributed by atoms with van der Waals surface area (Å²) >= 11 is 0. The average Bonchev–Trinajstić information content (AvgIpc) is 2.36. The first kappa shape index (κ1) is 14.5. The molecule has 1 rings (SSSR count). The lowest BCUT2D eigenvalue weighted by molar-refractivity contribution is -0.122. The van der Waals surface area contributed by atoms with E-state index in [0.29, 0.717) is 24.9 Å². The first-order valence-electron chi connectivity index (χ1n) is 7.14. The predicted octanol–water partition coefficient (Wildman–Crippen LogP) is 2.45. The summed E-state index contributed by atoms with van der Waals surface area (Å²) in [4.78, 5) is 11.6. The van der Waals surface area contributed by atoms with Crippen LogP contribution < -0.4 is 11.1 Å². The van der Waals surface area contributed by atoms with Gasteiger partial charge in [0.05, 0.1) is 0 Å². The highest BCUT2D eigenvalue weighted by Gasteiger charge is 2.25. The Kier molecular flexibility index (Phi) is 6.56. The van der Waals surface area contributed by atoms with Gasteiger partial charge in [-0.3, -0.25) is 4.79 Å². The molecule has 0 bridgehead atoms. The van der Waals surface area contributed by atoms with Crippen LogP contribution in [-0.2, 0) is 4.79 Å². The molecule has 3 N–H and O–H groups in total. The molecule has 100 valence electrons. The van der Waals surface area contributed by atoms with Crippen LogP contribution in [0.1, 0.15) is 58.8 Å². The highest BCUT2D eigenvalue weighted by atomic mass is 16.1. The number of carbonyl (C=O) groups excluding carboxylic acids is 1. The molecular formula is C14H28N2O. The van der Waals surface area contributed by atoms with Gasteiger partial charge in [0.25, 0.3) is 0 Å². The number of amides is 1. The first-order chi connectivity index (χ1) is 8.15. The smallest absolute Gasteiger partial charge is 0.220 e. The summed E-state index contributed by atoms with van der Waals surface area (Å²) in [6.07, 6.45) is 8.15. The third-order valence-corrected chi connectivity index (χ3v) is 4.18. The van der Waals surface area contributed by atoms with E-state index in [4.69, 9.17) is 5.73 Å². The summed E-state index contributed by atoms with van der Waals surface area (Å²) in [5.41, 5.74) is 5.40. The SMILES string of the molecule is CC(NC(=O)CCCN)C(C)C1CCCCC1. The number of carbonyl (C=O) groups is 1. The quantitative estimate of drug-likeness (QED) is 0.749. The Bertz CT molecular complexity index is 224. The molecule has 2 atom stereocenters. The van der Waals surface area contributed by atoms with Gasteiger partial charge in [0.1, 0.15) is 0 Å². The Morgan fingerprint density at radius 1 is 1.29 bits per heavy atom. The maximum absolute atomic E-state index is 11.6. The third kappa shape index (κ3) is 5.07. The minimum Gasteiger partial charge on any atom is -0.353 e. The Labute approximate surface area is 106 Å². The molecule has 0 aromatic heterocycles. The molecule has 1 aliphatic carbocycles. The summed E-state index contributed by atoms with van der Waals surface area (Å²) < 4.78 is 0. The molecule has 0 aliphatic heterocycles. The number of hydrogen-bond donors (Lipinski definition) is 2. The van der Waals surface area contributed by atoms with Crippen LogP contribution in [0.25, 0.3) is 0 Å². The summed E-state index contributed by atoms with van der Waals surface area (Å²) in [5.74, 6) is 1.55. The van der Waals surface area contributed by atoms with Crippen LogP contribution in [0.4, 0.5) is 0 Å². The lowest BCUT2D eigenvalue weighted by Gasteiger charge is -2.32. The maximum Gasteiger partial charge on any atom is 0.220 e. The summed E-state index contributed by atoms with van der Waals surface area (Å²) in [7, 11) is 0. The van der Waals surface area contributed by atoms with Crippen molar-refractivity contribution in [3.63, 3.8) is 0 Å². The lowest BCUT2D eigenvalue weighted by Crippen LogP contribution is -2.40. The van der Waals surface area contributed by atoms with Gasteiger partial charge in [-0.1, -0.05) is 39.0 Å². The molecule has 0 heterocycles. The Hall–Kier alpha value is -0.570. The van der Waals surface area contributed by atoms with Gasteiger partial charge in [-0.05, 0) is 31.7 Å². The molecule has 17 heavy (non-hydrogen) atoms. The molecule has 0 saturated heterocycles. The number of hydrogen-bond acceptors (Lipinski definition) is 2. The average molecular weight is 240 g/mol. The van der Waals surface area contributed by atoms with Crippen LogP contribution in [0.5, 0.6) is 0 Å².